The van der Waals surface area contributed by atoms with Crippen LogP contribution in [-0.2, 0) is 6.18 Å². The second-order valence-electron chi connectivity index (χ2n) is 4.94. The number of alkyl halides is 3. The summed E-state index contributed by atoms with van der Waals surface area (Å²) in [6, 6.07) is 1.94. The third-order valence-corrected chi connectivity index (χ3v) is 3.59. The van der Waals surface area contributed by atoms with Crippen LogP contribution >= 0.6 is 24.8 Å². The predicted molar refractivity (Wildman–Crippen MR) is 81.4 cm³/mol. The van der Waals surface area contributed by atoms with Crippen LogP contribution in [0.3, 0.4) is 0 Å². The number of rotatable bonds is 3. The first-order chi connectivity index (χ1) is 9.41. The highest BCUT2D eigenvalue weighted by Gasteiger charge is 2.32. The van der Waals surface area contributed by atoms with Gasteiger partial charge in [0.25, 0.3) is 5.91 Å². The molecule has 1 heterocycles. The van der Waals surface area contributed by atoms with Gasteiger partial charge in [-0.25, -0.2) is 0 Å². The SMILES string of the molecule is Cl.Cl.NCC1CCCC1NC(=O)c1ccc(C(F)(F)F)nc1. The molecule has 1 saturated carbocycles. The van der Waals surface area contributed by atoms with Crippen LogP contribution in [0.4, 0.5) is 13.2 Å². The van der Waals surface area contributed by atoms with Crippen molar-refractivity contribution >= 4 is 30.7 Å². The second kappa shape index (κ2) is 8.55. The highest BCUT2D eigenvalue weighted by Crippen LogP contribution is 2.27. The molecule has 1 aliphatic rings. The average molecular weight is 360 g/mol. The Morgan fingerprint density at radius 1 is 1.32 bits per heavy atom. The number of carbonyl (C=O) groups excluding carboxylic acids is 1. The molecule has 0 aromatic carbocycles. The summed E-state index contributed by atoms with van der Waals surface area (Å²) in [7, 11) is 0. The van der Waals surface area contributed by atoms with Gasteiger partial charge in [-0.2, -0.15) is 13.2 Å². The van der Waals surface area contributed by atoms with Crippen LogP contribution in [0.25, 0.3) is 0 Å². The van der Waals surface area contributed by atoms with E-state index >= 15 is 0 Å². The van der Waals surface area contributed by atoms with Crippen LogP contribution in [0.5, 0.6) is 0 Å². The molecule has 126 valence electrons. The van der Waals surface area contributed by atoms with Gasteiger partial charge in [0.1, 0.15) is 5.69 Å². The Balaban J connectivity index is 0.00000220. The quantitative estimate of drug-likeness (QED) is 0.871. The molecule has 0 bridgehead atoms. The van der Waals surface area contributed by atoms with Crippen molar-refractivity contribution in [3.05, 3.63) is 29.6 Å². The minimum atomic E-state index is -4.49. The van der Waals surface area contributed by atoms with Gasteiger partial charge in [0.2, 0.25) is 0 Å². The topological polar surface area (TPSA) is 68.0 Å². The van der Waals surface area contributed by atoms with E-state index in [0.717, 1.165) is 37.6 Å². The summed E-state index contributed by atoms with van der Waals surface area (Å²) in [6.45, 7) is 0.496. The molecular formula is C13H18Cl2F3N3O. The van der Waals surface area contributed by atoms with Gasteiger partial charge in [-0.15, -0.1) is 24.8 Å². The zero-order valence-corrected chi connectivity index (χ0v) is 13.2. The molecule has 22 heavy (non-hydrogen) atoms. The van der Waals surface area contributed by atoms with Gasteiger partial charge in [0.15, 0.2) is 0 Å². The normalized spacial score (nSPS) is 20.7. The van der Waals surface area contributed by atoms with Crippen LogP contribution in [0.1, 0.15) is 35.3 Å². The Hall–Kier alpha value is -1.05. The van der Waals surface area contributed by atoms with Crippen molar-refractivity contribution in [3.63, 3.8) is 0 Å². The molecule has 1 aliphatic carbocycles. The van der Waals surface area contributed by atoms with Crippen molar-refractivity contribution in [3.8, 4) is 0 Å². The molecule has 1 aromatic rings. The molecule has 0 spiro atoms. The molecule has 0 aliphatic heterocycles. The van der Waals surface area contributed by atoms with E-state index in [2.05, 4.69) is 10.3 Å². The molecule has 4 nitrogen and oxygen atoms in total. The summed E-state index contributed by atoms with van der Waals surface area (Å²) in [5.74, 6) is -0.169. The fourth-order valence-electron chi connectivity index (χ4n) is 2.46. The van der Waals surface area contributed by atoms with Crippen molar-refractivity contribution in [1.29, 1.82) is 0 Å². The Bertz CT molecular complexity index is 482. The fourth-order valence-corrected chi connectivity index (χ4v) is 2.46. The van der Waals surface area contributed by atoms with E-state index in [4.69, 9.17) is 5.73 Å². The Kier molecular flexibility index (Phi) is 8.14. The molecule has 2 rings (SSSR count). The third-order valence-electron chi connectivity index (χ3n) is 3.59. The van der Waals surface area contributed by atoms with Gasteiger partial charge in [-0.1, -0.05) is 6.42 Å². The van der Waals surface area contributed by atoms with Gasteiger partial charge in [-0.05, 0) is 37.4 Å². The lowest BCUT2D eigenvalue weighted by molar-refractivity contribution is -0.141. The van der Waals surface area contributed by atoms with Crippen LogP contribution < -0.4 is 11.1 Å². The number of aromatic nitrogens is 1. The number of amides is 1. The fraction of sp³-hybridized carbons (Fsp3) is 0.538. The number of nitrogens with one attached hydrogen (secondary N) is 1. The van der Waals surface area contributed by atoms with Gasteiger partial charge in [0.05, 0.1) is 5.56 Å². The monoisotopic (exact) mass is 359 g/mol. The maximum atomic E-state index is 12.4. The zero-order chi connectivity index (χ0) is 14.8. The maximum absolute atomic E-state index is 12.4. The Morgan fingerprint density at radius 3 is 2.50 bits per heavy atom. The summed E-state index contributed by atoms with van der Waals surface area (Å²) in [4.78, 5) is 15.2. The number of carbonyl (C=O) groups is 1. The minimum absolute atomic E-state index is 0. The van der Waals surface area contributed by atoms with E-state index < -0.39 is 17.8 Å². The highest BCUT2D eigenvalue weighted by molar-refractivity contribution is 5.94. The number of pyridine rings is 1. The number of nitrogens with two attached hydrogens (primary N) is 1. The number of nitrogens with zero attached hydrogens (tertiary/aromatic N) is 1. The lowest BCUT2D eigenvalue weighted by Gasteiger charge is -2.19. The lowest BCUT2D eigenvalue weighted by atomic mass is 10.0. The van der Waals surface area contributed by atoms with Gasteiger partial charge < -0.3 is 11.1 Å². The number of hydrogen-bond acceptors (Lipinski definition) is 3. The van der Waals surface area contributed by atoms with E-state index in [1.807, 2.05) is 0 Å². The first-order valence-corrected chi connectivity index (χ1v) is 6.46. The largest absolute Gasteiger partial charge is 0.433 e. The van der Waals surface area contributed by atoms with Crippen molar-refractivity contribution in [2.45, 2.75) is 31.5 Å². The average Bonchev–Trinajstić information content (AvgIpc) is 2.85. The molecule has 0 radical (unpaired) electrons. The van der Waals surface area contributed by atoms with E-state index in [9.17, 15) is 18.0 Å². The summed E-state index contributed by atoms with van der Waals surface area (Å²) in [5, 5.41) is 2.81. The Labute approximate surface area is 138 Å². The summed E-state index contributed by atoms with van der Waals surface area (Å²) in [6.07, 6.45) is -0.734. The van der Waals surface area contributed by atoms with E-state index in [0.29, 0.717) is 6.54 Å². The predicted octanol–water partition coefficient (Wildman–Crippen LogP) is 2.80. The van der Waals surface area contributed by atoms with E-state index in [-0.39, 0.29) is 42.3 Å². The summed E-state index contributed by atoms with van der Waals surface area (Å²) in [5.41, 5.74) is 4.74. The Morgan fingerprint density at radius 2 is 2.00 bits per heavy atom. The van der Waals surface area contributed by atoms with Crippen molar-refractivity contribution in [2.24, 2.45) is 11.7 Å². The standard InChI is InChI=1S/C13H16F3N3O.2ClH/c14-13(15,16)11-5-4-9(7-18-11)12(20)19-10-3-1-2-8(10)6-17;;/h4-5,7-8,10H,1-3,6,17H2,(H,19,20);2*1H. The second-order valence-corrected chi connectivity index (χ2v) is 4.94. The van der Waals surface area contributed by atoms with Gasteiger partial charge in [-0.3, -0.25) is 9.78 Å². The molecule has 1 aromatic heterocycles. The van der Waals surface area contributed by atoms with Gasteiger partial charge >= 0.3 is 6.18 Å². The molecule has 3 N–H and O–H groups in total. The molecule has 2 unspecified atom stereocenters. The van der Waals surface area contributed by atoms with E-state index in [1.54, 1.807) is 0 Å². The molecule has 1 fully saturated rings. The smallest absolute Gasteiger partial charge is 0.349 e. The van der Waals surface area contributed by atoms with Crippen LogP contribution in [0.2, 0.25) is 0 Å². The number of hydrogen-bond donors (Lipinski definition) is 2. The van der Waals surface area contributed by atoms with Crippen LogP contribution in [0, 0.1) is 5.92 Å². The third kappa shape index (κ3) is 5.00. The maximum Gasteiger partial charge on any atom is 0.433 e. The minimum Gasteiger partial charge on any atom is -0.349 e. The highest BCUT2D eigenvalue weighted by atomic mass is 35.5. The first kappa shape index (κ1) is 20.9. The molecule has 9 heteroatoms. The molecule has 0 saturated heterocycles. The summed E-state index contributed by atoms with van der Waals surface area (Å²) >= 11 is 0. The van der Waals surface area contributed by atoms with Crippen LogP contribution in [0.15, 0.2) is 18.3 Å². The van der Waals surface area contributed by atoms with Crippen molar-refractivity contribution < 1.29 is 18.0 Å². The summed E-state index contributed by atoms with van der Waals surface area (Å²) < 4.78 is 37.1. The molecule has 2 atom stereocenters. The molecular weight excluding hydrogens is 342 g/mol. The van der Waals surface area contributed by atoms with Crippen LogP contribution in [-0.4, -0.2) is 23.5 Å². The van der Waals surface area contributed by atoms with E-state index in [1.165, 1.54) is 0 Å². The van der Waals surface area contributed by atoms with Crippen molar-refractivity contribution in [1.82, 2.24) is 10.3 Å². The number of halogens is 5. The first-order valence-electron chi connectivity index (χ1n) is 6.46. The lowest BCUT2D eigenvalue weighted by Crippen LogP contribution is -2.39. The van der Waals surface area contributed by atoms with Gasteiger partial charge in [0, 0.05) is 12.2 Å². The van der Waals surface area contributed by atoms with Crippen molar-refractivity contribution in [2.75, 3.05) is 6.54 Å². The molecule has 1 amide bonds. The zero-order valence-electron chi connectivity index (χ0n) is 11.6.